The summed E-state index contributed by atoms with van der Waals surface area (Å²) in [5, 5.41) is 5.49. The van der Waals surface area contributed by atoms with E-state index in [1.165, 1.54) is 64.8 Å². The van der Waals surface area contributed by atoms with Crippen LogP contribution in [0, 0.1) is 6.08 Å². The molecule has 0 aliphatic heterocycles. The Morgan fingerprint density at radius 1 is 0.743 bits per heavy atom. The predicted octanol–water partition coefficient (Wildman–Crippen LogP) is 3.29. The van der Waals surface area contributed by atoms with E-state index in [-0.39, 0.29) is 44.8 Å². The van der Waals surface area contributed by atoms with Gasteiger partial charge in [-0.1, -0.05) is 76.9 Å². The van der Waals surface area contributed by atoms with Gasteiger partial charge >= 0.3 is 59.5 Å². The van der Waals surface area contributed by atoms with Crippen LogP contribution in [0.4, 0.5) is 0 Å². The standard InChI is InChI=1S/C21H25.C6H10.C5H5.2BrH.Zr/c1-20(2,3)16-9-7-14-11-15-8-10-17(21(4,5)6)13-19(15)18(14)12-16;1-2-4-6-5-3-1;1-2-4-5-3-1;;;/h7-13H,1-6H3;1-5H2;1-3H,4H2;2*1H;/q-1;;-1;;;+2/p-2. The third-order valence-electron chi connectivity index (χ3n) is 6.48. The average molecular weight is 676 g/mol. The molecule has 188 valence electrons. The van der Waals surface area contributed by atoms with Gasteiger partial charge < -0.3 is 34.0 Å². The zero-order valence-corrected chi connectivity index (χ0v) is 27.9. The minimum absolute atomic E-state index is 0. The third kappa shape index (κ3) is 9.71. The van der Waals surface area contributed by atoms with Gasteiger partial charge in [-0.2, -0.15) is 6.08 Å². The fraction of sp³-hybridized carbons (Fsp3) is 0.438. The summed E-state index contributed by atoms with van der Waals surface area (Å²) in [6, 6.07) is 16.1. The summed E-state index contributed by atoms with van der Waals surface area (Å²) in [7, 11) is 0. The molecule has 0 spiro atoms. The van der Waals surface area contributed by atoms with Crippen LogP contribution in [0.25, 0.3) is 21.5 Å². The van der Waals surface area contributed by atoms with Crippen molar-refractivity contribution in [2.75, 3.05) is 0 Å². The molecule has 0 nitrogen and oxygen atoms in total. The molecule has 0 radical (unpaired) electrons. The van der Waals surface area contributed by atoms with Crippen LogP contribution < -0.4 is 34.0 Å². The van der Waals surface area contributed by atoms with Crippen molar-refractivity contribution < 1.29 is 58.2 Å². The molecule has 0 amide bonds. The Kier molecular flexibility index (Phi) is 13.4. The Balaban J connectivity index is 0.000000360. The number of fused-ring (bicyclic) bond motifs is 3. The van der Waals surface area contributed by atoms with E-state index in [1.807, 2.05) is 12.2 Å². The van der Waals surface area contributed by atoms with E-state index < -0.39 is 0 Å². The van der Waals surface area contributed by atoms with E-state index in [9.17, 15) is 0 Å². The molecule has 0 unspecified atom stereocenters. The molecule has 2 aliphatic rings. The van der Waals surface area contributed by atoms with E-state index >= 15 is 0 Å². The van der Waals surface area contributed by atoms with Crippen LogP contribution in [0.5, 0.6) is 0 Å². The summed E-state index contributed by atoms with van der Waals surface area (Å²) >= 11 is 1.69. The van der Waals surface area contributed by atoms with Gasteiger partial charge in [0.1, 0.15) is 0 Å². The van der Waals surface area contributed by atoms with Gasteiger partial charge in [-0.25, -0.2) is 12.2 Å². The normalized spacial score (nSPS) is 15.0. The Bertz CT molecular complexity index is 1060. The summed E-state index contributed by atoms with van der Waals surface area (Å²) in [5.74, 6) is 0. The van der Waals surface area contributed by atoms with Crippen LogP contribution in [0.15, 0.2) is 60.7 Å². The number of hydrogen-bond acceptors (Lipinski definition) is 0. The fourth-order valence-electron chi connectivity index (χ4n) is 4.25. The Hall–Kier alpha value is -0.497. The molecule has 2 aliphatic carbocycles. The second kappa shape index (κ2) is 14.4. The molecule has 1 saturated carbocycles. The van der Waals surface area contributed by atoms with E-state index in [0.29, 0.717) is 0 Å². The van der Waals surface area contributed by atoms with Gasteiger partial charge in [0.2, 0.25) is 0 Å². The monoisotopic (exact) mass is 672 g/mol. The Labute approximate surface area is 249 Å². The first-order valence-corrected chi connectivity index (χ1v) is 13.7. The second-order valence-corrected chi connectivity index (χ2v) is 13.2. The quantitative estimate of drug-likeness (QED) is 0.321. The first-order chi connectivity index (χ1) is 15.6. The zero-order valence-electron chi connectivity index (χ0n) is 22.3. The third-order valence-corrected chi connectivity index (χ3v) is 7.71. The SMILES string of the molecule is CC(C)(C)c1ccc2[cH-]c3ccc(C(C)(C)C)cc3c2c1.[Br-].[Br-].[C-]1=CC=CC1.[Zr+2]=[C]1CCCCC1. The molecule has 3 aromatic rings. The van der Waals surface area contributed by atoms with Crippen molar-refractivity contribution in [3.05, 3.63) is 77.9 Å². The summed E-state index contributed by atoms with van der Waals surface area (Å²) in [4.78, 5) is 0. The topological polar surface area (TPSA) is 0 Å². The van der Waals surface area contributed by atoms with Crippen molar-refractivity contribution in [3.8, 4) is 0 Å². The molecular weight excluding hydrogens is 635 g/mol. The molecule has 3 heteroatoms. The molecule has 0 heterocycles. The molecule has 3 aromatic carbocycles. The number of benzene rings is 2. The summed E-state index contributed by atoms with van der Waals surface area (Å²) in [6.45, 7) is 13.7. The van der Waals surface area contributed by atoms with Crippen LogP contribution in [-0.2, 0) is 35.1 Å². The molecule has 0 N–H and O–H groups in total. The van der Waals surface area contributed by atoms with E-state index in [0.717, 1.165) is 6.42 Å². The molecule has 0 aromatic heterocycles. The van der Waals surface area contributed by atoms with Crippen molar-refractivity contribution in [3.63, 3.8) is 0 Å². The van der Waals surface area contributed by atoms with Crippen LogP contribution in [-0.4, -0.2) is 3.21 Å². The van der Waals surface area contributed by atoms with Crippen LogP contribution in [0.3, 0.4) is 0 Å². The zero-order chi connectivity index (χ0) is 24.1. The van der Waals surface area contributed by atoms with Gasteiger partial charge in [0.05, 0.1) is 0 Å². The van der Waals surface area contributed by atoms with Crippen LogP contribution >= 0.6 is 0 Å². The average Bonchev–Trinajstić information content (AvgIpc) is 3.44. The van der Waals surface area contributed by atoms with Crippen molar-refractivity contribution in [2.45, 2.75) is 90.9 Å². The van der Waals surface area contributed by atoms with Gasteiger partial charge in [0.25, 0.3) is 0 Å². The molecule has 5 rings (SSSR count). The second-order valence-electron chi connectivity index (χ2n) is 11.4. The van der Waals surface area contributed by atoms with E-state index in [4.69, 9.17) is 0 Å². The first kappa shape index (κ1) is 32.5. The van der Waals surface area contributed by atoms with Gasteiger partial charge in [0.15, 0.2) is 0 Å². The number of allylic oxidation sites excluding steroid dienone is 4. The minimum atomic E-state index is 0. The predicted molar refractivity (Wildman–Crippen MR) is 144 cm³/mol. The van der Waals surface area contributed by atoms with Gasteiger partial charge in [-0.3, -0.25) is 6.08 Å². The number of halogens is 2. The molecular formula is C32H40Br2Zr-2. The summed E-state index contributed by atoms with van der Waals surface area (Å²) < 4.78 is 1.80. The molecule has 1 fully saturated rings. The van der Waals surface area contributed by atoms with Gasteiger partial charge in [-0.05, 0) is 10.8 Å². The van der Waals surface area contributed by atoms with Crippen molar-refractivity contribution in [2.24, 2.45) is 0 Å². The van der Waals surface area contributed by atoms with Crippen LogP contribution in [0.1, 0.15) is 91.2 Å². The van der Waals surface area contributed by atoms with Crippen molar-refractivity contribution in [1.29, 1.82) is 0 Å². The van der Waals surface area contributed by atoms with Gasteiger partial charge in [0, 0.05) is 0 Å². The maximum atomic E-state index is 2.99. The maximum absolute atomic E-state index is 2.99. The first-order valence-electron chi connectivity index (χ1n) is 12.5. The Morgan fingerprint density at radius 2 is 1.23 bits per heavy atom. The van der Waals surface area contributed by atoms with Crippen LogP contribution in [0.2, 0.25) is 0 Å². The Morgan fingerprint density at radius 3 is 1.51 bits per heavy atom. The van der Waals surface area contributed by atoms with E-state index in [1.54, 1.807) is 27.4 Å². The molecule has 0 saturated heterocycles. The number of hydrogen-bond donors (Lipinski definition) is 0. The van der Waals surface area contributed by atoms with E-state index in [2.05, 4.69) is 96.2 Å². The van der Waals surface area contributed by atoms with Crippen molar-refractivity contribution in [1.82, 2.24) is 0 Å². The van der Waals surface area contributed by atoms with Gasteiger partial charge in [-0.15, -0.1) is 46.2 Å². The molecule has 0 atom stereocenters. The van der Waals surface area contributed by atoms with Crippen molar-refractivity contribution >= 4 is 24.8 Å². The molecule has 35 heavy (non-hydrogen) atoms. The fourth-order valence-corrected chi connectivity index (χ4v) is 5.12. The molecule has 0 bridgehead atoms. The summed E-state index contributed by atoms with van der Waals surface area (Å²) in [6.07, 6.45) is 17.3. The number of rotatable bonds is 0. The summed E-state index contributed by atoms with van der Waals surface area (Å²) in [5.41, 5.74) is 3.20.